The van der Waals surface area contributed by atoms with Crippen LogP contribution in [0.25, 0.3) is 77.2 Å². The van der Waals surface area contributed by atoms with Crippen molar-refractivity contribution in [1.29, 1.82) is 0 Å². The lowest BCUT2D eigenvalue weighted by atomic mass is 9.96. The van der Waals surface area contributed by atoms with Crippen LogP contribution in [0.2, 0.25) is 0 Å². The quantitative estimate of drug-likeness (QED) is 0.192. The highest BCUT2D eigenvalue weighted by molar-refractivity contribution is 6.19. The minimum Gasteiger partial charge on any atom is -0.405 e. The third-order valence-electron chi connectivity index (χ3n) is 9.06. The van der Waals surface area contributed by atoms with E-state index < -0.39 is 0 Å². The summed E-state index contributed by atoms with van der Waals surface area (Å²) < 4.78 is 2.43. The number of nitrogens with two attached hydrogens (primary N) is 1. The highest BCUT2D eigenvalue weighted by Crippen LogP contribution is 2.40. The van der Waals surface area contributed by atoms with Crippen LogP contribution in [-0.2, 0) is 0 Å². The summed E-state index contributed by atoms with van der Waals surface area (Å²) in [5.41, 5.74) is 18.5. The average Bonchev–Trinajstić information content (AvgIpc) is 3.48. The highest BCUT2D eigenvalue weighted by Gasteiger charge is 2.17. The Hall–Kier alpha value is -6.19. The first kappa shape index (κ1) is 28.3. The molecule has 0 aliphatic heterocycles. The maximum atomic E-state index is 5.57. The minimum absolute atomic E-state index is 1.11. The zero-order valence-electron chi connectivity index (χ0n) is 26.1. The largest absolute Gasteiger partial charge is 0.405 e. The molecule has 0 saturated heterocycles. The molecule has 0 bridgehead atoms. The second-order valence-electron chi connectivity index (χ2n) is 11.9. The zero-order chi connectivity index (χ0) is 31.7. The monoisotopic (exact) mass is 603 g/mol. The molecule has 3 heteroatoms. The van der Waals surface area contributed by atoms with Crippen molar-refractivity contribution in [2.75, 3.05) is 0 Å². The van der Waals surface area contributed by atoms with Crippen LogP contribution in [0.3, 0.4) is 0 Å². The van der Waals surface area contributed by atoms with Crippen molar-refractivity contribution in [3.05, 3.63) is 176 Å². The van der Waals surface area contributed by atoms with E-state index in [0.29, 0.717) is 0 Å². The van der Waals surface area contributed by atoms with Crippen molar-refractivity contribution in [3.63, 3.8) is 0 Å². The molecule has 6 aromatic carbocycles. The van der Waals surface area contributed by atoms with E-state index in [1.165, 1.54) is 66.0 Å². The van der Waals surface area contributed by atoms with Crippen LogP contribution in [0.1, 0.15) is 12.5 Å². The number of rotatable bonds is 6. The van der Waals surface area contributed by atoms with E-state index in [1.807, 2.05) is 30.6 Å². The molecule has 0 aliphatic rings. The number of benzene rings is 6. The Labute approximate surface area is 274 Å². The van der Waals surface area contributed by atoms with Gasteiger partial charge < -0.3 is 10.3 Å². The summed E-state index contributed by atoms with van der Waals surface area (Å²) in [6.07, 6.45) is 9.21. The fourth-order valence-corrected chi connectivity index (χ4v) is 6.69. The van der Waals surface area contributed by atoms with Crippen LogP contribution in [0, 0.1) is 0 Å². The van der Waals surface area contributed by atoms with Crippen molar-refractivity contribution in [3.8, 4) is 39.1 Å². The van der Waals surface area contributed by atoms with Crippen molar-refractivity contribution in [2.24, 2.45) is 5.73 Å². The number of hydrogen-bond donors (Lipinski definition) is 1. The molecule has 0 spiro atoms. The smallest absolute Gasteiger partial charge is 0.0619 e. The first-order chi connectivity index (χ1) is 23.2. The fraction of sp³-hybridized carbons (Fsp3) is 0.0227. The number of aromatic nitrogens is 2. The van der Waals surface area contributed by atoms with E-state index in [9.17, 15) is 0 Å². The second kappa shape index (κ2) is 12.0. The van der Waals surface area contributed by atoms with Crippen LogP contribution in [-0.4, -0.2) is 9.55 Å². The zero-order valence-corrected chi connectivity index (χ0v) is 26.1. The molecule has 8 aromatic rings. The van der Waals surface area contributed by atoms with Gasteiger partial charge in [-0.15, -0.1) is 0 Å². The minimum atomic E-state index is 1.11. The molecule has 2 heterocycles. The Morgan fingerprint density at radius 3 is 2.06 bits per heavy atom. The summed E-state index contributed by atoms with van der Waals surface area (Å²) in [5, 5.41) is 4.92. The van der Waals surface area contributed by atoms with Crippen LogP contribution < -0.4 is 5.73 Å². The molecule has 0 unspecified atom stereocenters. The Bertz CT molecular complexity index is 2470. The Balaban J connectivity index is 1.31. The summed E-state index contributed by atoms with van der Waals surface area (Å²) in [4.78, 5) is 4.33. The van der Waals surface area contributed by atoms with Gasteiger partial charge >= 0.3 is 0 Å². The van der Waals surface area contributed by atoms with Crippen LogP contribution in [0.5, 0.6) is 0 Å². The van der Waals surface area contributed by atoms with Gasteiger partial charge in [-0.25, -0.2) is 0 Å². The molecule has 224 valence electrons. The number of allylic oxidation sites excluding steroid dienone is 3. The van der Waals surface area contributed by atoms with E-state index in [2.05, 4.69) is 150 Å². The average molecular weight is 604 g/mol. The van der Waals surface area contributed by atoms with E-state index in [4.69, 9.17) is 5.73 Å². The van der Waals surface area contributed by atoms with Gasteiger partial charge in [-0.05, 0) is 106 Å². The standard InChI is InChI=1S/C44H33N3/c1-30(9-7-23-45)31-10-5-11-32(25-31)35-17-20-40-37(27-35)19-22-42-41-21-18-36(28-43(41)47(44(40)42)39-15-3-2-4-16-39)33-12-6-13-34(26-33)38-14-8-24-46-29-38/h2-29H,45H2,1H3/b23-7-,30-9+. The summed E-state index contributed by atoms with van der Waals surface area (Å²) in [6.45, 7) is 2.11. The van der Waals surface area contributed by atoms with E-state index >= 15 is 0 Å². The number of hydrogen-bond acceptors (Lipinski definition) is 2. The summed E-state index contributed by atoms with van der Waals surface area (Å²) in [6, 6.07) is 50.5. The van der Waals surface area contributed by atoms with Crippen LogP contribution in [0.4, 0.5) is 0 Å². The van der Waals surface area contributed by atoms with Gasteiger partial charge in [0, 0.05) is 39.8 Å². The number of para-hydroxylation sites is 1. The van der Waals surface area contributed by atoms with Crippen LogP contribution >= 0.6 is 0 Å². The predicted molar refractivity (Wildman–Crippen MR) is 199 cm³/mol. The van der Waals surface area contributed by atoms with Gasteiger partial charge in [0.15, 0.2) is 0 Å². The van der Waals surface area contributed by atoms with Crippen molar-refractivity contribution in [2.45, 2.75) is 6.92 Å². The number of pyridine rings is 1. The number of nitrogens with zero attached hydrogens (tertiary/aromatic N) is 2. The van der Waals surface area contributed by atoms with Crippen molar-refractivity contribution >= 4 is 38.2 Å². The van der Waals surface area contributed by atoms with E-state index in [1.54, 1.807) is 6.20 Å². The Kier molecular flexibility index (Phi) is 7.20. The van der Waals surface area contributed by atoms with Gasteiger partial charge in [0.2, 0.25) is 0 Å². The third-order valence-corrected chi connectivity index (χ3v) is 9.06. The lowest BCUT2D eigenvalue weighted by Crippen LogP contribution is -1.94. The highest BCUT2D eigenvalue weighted by atomic mass is 15.0. The third kappa shape index (κ3) is 5.18. The lowest BCUT2D eigenvalue weighted by Gasteiger charge is -2.12. The lowest BCUT2D eigenvalue weighted by molar-refractivity contribution is 1.19. The summed E-state index contributed by atoms with van der Waals surface area (Å²) in [5.74, 6) is 0. The van der Waals surface area contributed by atoms with Gasteiger partial charge in [-0.3, -0.25) is 4.98 Å². The maximum absolute atomic E-state index is 5.57. The normalized spacial score (nSPS) is 12.1. The molecule has 0 aliphatic carbocycles. The number of fused-ring (bicyclic) bond motifs is 5. The molecule has 0 fully saturated rings. The van der Waals surface area contributed by atoms with Crippen molar-refractivity contribution < 1.29 is 0 Å². The topological polar surface area (TPSA) is 43.8 Å². The molecule has 8 rings (SSSR count). The second-order valence-corrected chi connectivity index (χ2v) is 11.9. The Morgan fingerprint density at radius 1 is 0.596 bits per heavy atom. The van der Waals surface area contributed by atoms with E-state index in [0.717, 1.165) is 16.8 Å². The molecule has 2 N–H and O–H groups in total. The SMILES string of the molecule is C/C(=C\C=C/N)c1cccc(-c2ccc3c(ccc4c5ccc(-c6cccc(-c7cccnc7)c6)cc5n(-c5ccccc5)c34)c2)c1. The molecular formula is C44H33N3. The fourth-order valence-electron chi connectivity index (χ4n) is 6.69. The van der Waals surface area contributed by atoms with Gasteiger partial charge in [0.05, 0.1) is 11.0 Å². The molecule has 3 nitrogen and oxygen atoms in total. The van der Waals surface area contributed by atoms with Gasteiger partial charge in [0.1, 0.15) is 0 Å². The predicted octanol–water partition coefficient (Wildman–Crippen LogP) is 11.2. The van der Waals surface area contributed by atoms with Gasteiger partial charge in [-0.1, -0.05) is 103 Å². The van der Waals surface area contributed by atoms with Crippen LogP contribution in [0.15, 0.2) is 170 Å². The first-order valence-electron chi connectivity index (χ1n) is 15.9. The maximum Gasteiger partial charge on any atom is 0.0619 e. The van der Waals surface area contributed by atoms with Gasteiger partial charge in [0.25, 0.3) is 0 Å². The summed E-state index contributed by atoms with van der Waals surface area (Å²) in [7, 11) is 0. The molecule has 0 atom stereocenters. The molecule has 0 amide bonds. The molecule has 2 aromatic heterocycles. The Morgan fingerprint density at radius 2 is 1.28 bits per heavy atom. The first-order valence-corrected chi connectivity index (χ1v) is 15.9. The molecule has 47 heavy (non-hydrogen) atoms. The molecule has 0 saturated carbocycles. The van der Waals surface area contributed by atoms with E-state index in [-0.39, 0.29) is 0 Å². The van der Waals surface area contributed by atoms with Gasteiger partial charge in [-0.2, -0.15) is 0 Å². The molecular weight excluding hydrogens is 571 g/mol. The summed E-state index contributed by atoms with van der Waals surface area (Å²) >= 11 is 0. The van der Waals surface area contributed by atoms with Crippen molar-refractivity contribution in [1.82, 2.24) is 9.55 Å². The molecule has 0 radical (unpaired) electrons.